The summed E-state index contributed by atoms with van der Waals surface area (Å²) >= 11 is 0. The first-order chi connectivity index (χ1) is 7.09. The first-order valence-corrected chi connectivity index (χ1v) is 4.92. The highest BCUT2D eigenvalue weighted by Crippen LogP contribution is 2.05. The van der Waals surface area contributed by atoms with Gasteiger partial charge in [0.2, 0.25) is 5.91 Å². The molecule has 0 bridgehead atoms. The maximum absolute atomic E-state index is 11.5. The third kappa shape index (κ3) is 4.03. The number of hydrogen-bond donors (Lipinski definition) is 2. The maximum atomic E-state index is 11.5. The summed E-state index contributed by atoms with van der Waals surface area (Å²) in [4.78, 5) is 11.5. The van der Waals surface area contributed by atoms with Gasteiger partial charge >= 0.3 is 0 Å². The van der Waals surface area contributed by atoms with Gasteiger partial charge in [0.15, 0.2) is 5.82 Å². The van der Waals surface area contributed by atoms with Crippen LogP contribution in [0.2, 0.25) is 0 Å². The lowest BCUT2D eigenvalue weighted by Gasteiger charge is -2.14. The molecule has 1 rings (SSSR count). The van der Waals surface area contributed by atoms with Crippen LogP contribution in [0.5, 0.6) is 0 Å². The van der Waals surface area contributed by atoms with Crippen molar-refractivity contribution >= 4 is 11.7 Å². The van der Waals surface area contributed by atoms with Crippen LogP contribution in [0.25, 0.3) is 0 Å². The number of nitrogens with one attached hydrogen (secondary N) is 1. The summed E-state index contributed by atoms with van der Waals surface area (Å²) in [6, 6.07) is 3.28. The van der Waals surface area contributed by atoms with E-state index in [9.17, 15) is 4.79 Å². The monoisotopic (exact) mass is 208 g/mol. The highest BCUT2D eigenvalue weighted by Gasteiger charge is 2.13. The minimum atomic E-state index is -0.128. The fourth-order valence-corrected chi connectivity index (χ4v) is 1.01. The molecule has 1 heterocycles. The first-order valence-electron chi connectivity index (χ1n) is 4.92. The van der Waals surface area contributed by atoms with Gasteiger partial charge in [-0.1, -0.05) is 13.8 Å². The maximum Gasteiger partial charge on any atom is 0.227 e. The number of carbonyl (C=O) groups excluding carboxylic acids is 1. The van der Waals surface area contributed by atoms with Crippen molar-refractivity contribution in [2.45, 2.75) is 26.3 Å². The molecule has 1 aromatic rings. The fourth-order valence-electron chi connectivity index (χ4n) is 1.01. The van der Waals surface area contributed by atoms with Crippen LogP contribution in [-0.4, -0.2) is 22.1 Å². The average molecular weight is 208 g/mol. The molecule has 0 aliphatic rings. The van der Waals surface area contributed by atoms with E-state index >= 15 is 0 Å². The van der Waals surface area contributed by atoms with Crippen molar-refractivity contribution in [1.29, 1.82) is 0 Å². The van der Waals surface area contributed by atoms with Crippen molar-refractivity contribution in [2.24, 2.45) is 11.7 Å². The molecule has 1 unspecified atom stereocenters. The van der Waals surface area contributed by atoms with Crippen LogP contribution in [0.15, 0.2) is 18.3 Å². The normalized spacial score (nSPS) is 12.5. The molecule has 1 amide bonds. The number of hydrogen-bond acceptors (Lipinski definition) is 4. The van der Waals surface area contributed by atoms with E-state index in [0.717, 1.165) is 0 Å². The largest absolute Gasteiger partial charge is 0.327 e. The second-order valence-corrected chi connectivity index (χ2v) is 3.77. The van der Waals surface area contributed by atoms with Crippen LogP contribution >= 0.6 is 0 Å². The number of anilines is 1. The lowest BCUT2D eigenvalue weighted by molar-refractivity contribution is -0.116. The minimum Gasteiger partial charge on any atom is -0.327 e. The number of rotatable bonds is 4. The second-order valence-electron chi connectivity index (χ2n) is 3.77. The number of amides is 1. The van der Waals surface area contributed by atoms with Crippen LogP contribution in [0.1, 0.15) is 20.3 Å². The Morgan fingerprint density at radius 2 is 2.33 bits per heavy atom. The SMILES string of the molecule is CC(C)C(N)CC(=O)Nc1cccnn1. The van der Waals surface area contributed by atoms with Crippen molar-refractivity contribution in [3.05, 3.63) is 18.3 Å². The van der Waals surface area contributed by atoms with Gasteiger partial charge in [0.1, 0.15) is 0 Å². The van der Waals surface area contributed by atoms with Crippen molar-refractivity contribution < 1.29 is 4.79 Å². The summed E-state index contributed by atoms with van der Waals surface area (Å²) < 4.78 is 0. The topological polar surface area (TPSA) is 80.9 Å². The molecule has 0 fully saturated rings. The Kier molecular flexibility index (Phi) is 4.17. The van der Waals surface area contributed by atoms with Gasteiger partial charge < -0.3 is 11.1 Å². The summed E-state index contributed by atoms with van der Waals surface area (Å²) in [5.74, 6) is 0.618. The van der Waals surface area contributed by atoms with E-state index in [2.05, 4.69) is 15.5 Å². The van der Waals surface area contributed by atoms with Crippen LogP contribution in [0.4, 0.5) is 5.82 Å². The van der Waals surface area contributed by atoms with E-state index in [-0.39, 0.29) is 17.9 Å². The molecule has 1 atom stereocenters. The Morgan fingerprint density at radius 1 is 1.60 bits per heavy atom. The highest BCUT2D eigenvalue weighted by atomic mass is 16.1. The molecular weight excluding hydrogens is 192 g/mol. The molecule has 0 spiro atoms. The molecule has 0 saturated carbocycles. The number of nitrogens with two attached hydrogens (primary N) is 1. The minimum absolute atomic E-state index is 0.123. The van der Waals surface area contributed by atoms with Gasteiger partial charge in [-0.2, -0.15) is 5.10 Å². The van der Waals surface area contributed by atoms with Gasteiger partial charge in [0, 0.05) is 18.7 Å². The molecule has 82 valence electrons. The van der Waals surface area contributed by atoms with Crippen molar-refractivity contribution in [3.8, 4) is 0 Å². The second kappa shape index (κ2) is 5.41. The van der Waals surface area contributed by atoms with E-state index in [1.165, 1.54) is 0 Å². The average Bonchev–Trinajstić information content (AvgIpc) is 2.18. The summed E-state index contributed by atoms with van der Waals surface area (Å²) in [6.45, 7) is 3.97. The molecule has 0 aromatic carbocycles. The Balaban J connectivity index is 2.43. The molecule has 0 radical (unpaired) electrons. The third-order valence-corrected chi connectivity index (χ3v) is 2.12. The van der Waals surface area contributed by atoms with E-state index < -0.39 is 0 Å². The predicted molar refractivity (Wildman–Crippen MR) is 58.1 cm³/mol. The van der Waals surface area contributed by atoms with Gasteiger partial charge in [-0.05, 0) is 18.1 Å². The zero-order valence-corrected chi connectivity index (χ0v) is 8.97. The standard InChI is InChI=1S/C10H16N4O/c1-7(2)8(11)6-10(15)13-9-4-3-5-12-14-9/h3-5,7-8H,6,11H2,1-2H3,(H,13,14,15). The molecular formula is C10H16N4O. The molecule has 1 aromatic heterocycles. The van der Waals surface area contributed by atoms with Crippen LogP contribution in [0, 0.1) is 5.92 Å². The Bertz CT molecular complexity index is 312. The van der Waals surface area contributed by atoms with Gasteiger partial charge in [-0.3, -0.25) is 4.79 Å². The van der Waals surface area contributed by atoms with Gasteiger partial charge in [-0.15, -0.1) is 5.10 Å². The summed E-state index contributed by atoms with van der Waals surface area (Å²) in [5.41, 5.74) is 5.77. The zero-order chi connectivity index (χ0) is 11.3. The van der Waals surface area contributed by atoms with Gasteiger partial charge in [-0.25, -0.2) is 0 Å². The quantitative estimate of drug-likeness (QED) is 0.766. The summed E-state index contributed by atoms with van der Waals surface area (Å²) in [6.07, 6.45) is 1.85. The first kappa shape index (κ1) is 11.6. The highest BCUT2D eigenvalue weighted by molar-refractivity contribution is 5.90. The van der Waals surface area contributed by atoms with E-state index in [1.54, 1.807) is 18.3 Å². The summed E-state index contributed by atoms with van der Waals surface area (Å²) in [7, 11) is 0. The molecule has 0 aliphatic carbocycles. The van der Waals surface area contributed by atoms with E-state index in [1.807, 2.05) is 13.8 Å². The van der Waals surface area contributed by atoms with Crippen LogP contribution in [0.3, 0.4) is 0 Å². The zero-order valence-electron chi connectivity index (χ0n) is 8.97. The van der Waals surface area contributed by atoms with Crippen LogP contribution < -0.4 is 11.1 Å². The molecule has 15 heavy (non-hydrogen) atoms. The fraction of sp³-hybridized carbons (Fsp3) is 0.500. The van der Waals surface area contributed by atoms with Gasteiger partial charge in [0.05, 0.1) is 0 Å². The van der Waals surface area contributed by atoms with Crippen molar-refractivity contribution in [1.82, 2.24) is 10.2 Å². The Hall–Kier alpha value is -1.49. The van der Waals surface area contributed by atoms with Crippen molar-refractivity contribution in [2.75, 3.05) is 5.32 Å². The predicted octanol–water partition coefficient (Wildman–Crippen LogP) is 0.788. The molecule has 5 heteroatoms. The van der Waals surface area contributed by atoms with E-state index in [4.69, 9.17) is 5.73 Å². The molecule has 0 aliphatic heterocycles. The number of aromatic nitrogens is 2. The number of nitrogens with zero attached hydrogens (tertiary/aromatic N) is 2. The smallest absolute Gasteiger partial charge is 0.227 e. The lowest BCUT2D eigenvalue weighted by atomic mass is 10.0. The van der Waals surface area contributed by atoms with E-state index in [0.29, 0.717) is 12.2 Å². The lowest BCUT2D eigenvalue weighted by Crippen LogP contribution is -2.31. The van der Waals surface area contributed by atoms with Gasteiger partial charge in [0.25, 0.3) is 0 Å². The van der Waals surface area contributed by atoms with Crippen molar-refractivity contribution in [3.63, 3.8) is 0 Å². The third-order valence-electron chi connectivity index (χ3n) is 2.12. The Labute approximate surface area is 89.1 Å². The molecule has 5 nitrogen and oxygen atoms in total. The number of carbonyl (C=O) groups is 1. The molecule has 0 saturated heterocycles. The van der Waals surface area contributed by atoms with Crippen LogP contribution in [-0.2, 0) is 4.79 Å². The molecule has 3 N–H and O–H groups in total. The Morgan fingerprint density at radius 3 is 2.87 bits per heavy atom. The summed E-state index contributed by atoms with van der Waals surface area (Å²) in [5, 5.41) is 10.0.